The van der Waals surface area contributed by atoms with Crippen LogP contribution in [0, 0.1) is 0 Å². The number of nitrogens with zero attached hydrogens (tertiary/aromatic N) is 4. The highest BCUT2D eigenvalue weighted by molar-refractivity contribution is 6.23. The Morgan fingerprint density at radius 2 is 1.02 bits per heavy atom. The Hall–Kier alpha value is -7.63. The minimum Gasteiger partial charge on any atom is -0.456 e. The van der Waals surface area contributed by atoms with E-state index in [2.05, 4.69) is 168 Å². The van der Waals surface area contributed by atoms with E-state index >= 15 is 0 Å². The predicted molar refractivity (Wildman–Crippen MR) is 230 cm³/mol. The van der Waals surface area contributed by atoms with E-state index in [1.165, 1.54) is 27.1 Å². The van der Waals surface area contributed by atoms with Crippen LogP contribution in [0.2, 0.25) is 0 Å². The van der Waals surface area contributed by atoms with Crippen molar-refractivity contribution in [3.8, 4) is 39.9 Å². The average Bonchev–Trinajstić information content (AvgIpc) is 3.80. The van der Waals surface area contributed by atoms with Crippen LogP contribution in [0.4, 0.5) is 0 Å². The highest BCUT2D eigenvalue weighted by atomic mass is 16.3. The summed E-state index contributed by atoms with van der Waals surface area (Å²) in [6.07, 6.45) is 0. The highest BCUT2D eigenvalue weighted by Gasteiger charge is 2.21. The molecule has 260 valence electrons. The van der Waals surface area contributed by atoms with Gasteiger partial charge < -0.3 is 4.42 Å². The van der Waals surface area contributed by atoms with E-state index in [0.717, 1.165) is 71.2 Å². The van der Waals surface area contributed by atoms with Crippen molar-refractivity contribution in [3.63, 3.8) is 0 Å². The molecule has 0 aliphatic heterocycles. The molecule has 0 saturated carbocycles. The lowest BCUT2D eigenvalue weighted by atomic mass is 9.92. The zero-order valence-corrected chi connectivity index (χ0v) is 30.0. The second-order valence-corrected chi connectivity index (χ2v) is 14.4. The third-order valence-corrected chi connectivity index (χ3v) is 11.2. The van der Waals surface area contributed by atoms with Gasteiger partial charge in [0.1, 0.15) is 11.2 Å². The fourth-order valence-electron chi connectivity index (χ4n) is 8.64. The summed E-state index contributed by atoms with van der Waals surface area (Å²) >= 11 is 0. The van der Waals surface area contributed by atoms with Crippen molar-refractivity contribution in [2.45, 2.75) is 0 Å². The Kier molecular flexibility index (Phi) is 6.56. The van der Waals surface area contributed by atoms with Crippen LogP contribution in [-0.4, -0.2) is 19.5 Å². The molecule has 5 heteroatoms. The molecule has 5 nitrogen and oxygen atoms in total. The normalized spacial score (nSPS) is 11.9. The van der Waals surface area contributed by atoms with Crippen molar-refractivity contribution in [1.29, 1.82) is 0 Å². The summed E-state index contributed by atoms with van der Waals surface area (Å²) in [5, 5.41) is 11.5. The van der Waals surface area contributed by atoms with E-state index in [1.54, 1.807) is 0 Å². The number of fused-ring (bicyclic) bond motifs is 10. The minimum atomic E-state index is 0.567. The molecule has 3 aromatic heterocycles. The van der Waals surface area contributed by atoms with Crippen molar-refractivity contribution in [2.75, 3.05) is 0 Å². The van der Waals surface area contributed by atoms with Crippen LogP contribution < -0.4 is 0 Å². The summed E-state index contributed by atoms with van der Waals surface area (Å²) in [6, 6.07) is 63.9. The smallest absolute Gasteiger partial charge is 0.238 e. The van der Waals surface area contributed by atoms with E-state index in [0.29, 0.717) is 17.6 Å². The molecule has 0 unspecified atom stereocenters. The average molecular weight is 715 g/mol. The van der Waals surface area contributed by atoms with Crippen LogP contribution in [0.3, 0.4) is 0 Å². The van der Waals surface area contributed by atoms with Crippen molar-refractivity contribution >= 4 is 76.1 Å². The van der Waals surface area contributed by atoms with Gasteiger partial charge in [-0.05, 0) is 85.9 Å². The standard InChI is InChI=1S/C51H30N4O/c1-2-14-32(15-3-1)49-52-50(54-51(53-49)55-44-24-11-10-21-39(44)42-27-33-16-4-5-17-34(33)29-45(42)55)35-25-26-46-43(28-35)48-40-22-9-8-20-38(40)41(30-47(48)56-46)37-23-12-18-31-13-6-7-19-36(31)37/h1-30H. The Balaban J connectivity index is 1.11. The largest absolute Gasteiger partial charge is 0.456 e. The molecule has 0 aliphatic rings. The summed E-state index contributed by atoms with van der Waals surface area (Å²) < 4.78 is 8.86. The molecule has 0 atom stereocenters. The van der Waals surface area contributed by atoms with E-state index < -0.39 is 0 Å². The molecular formula is C51H30N4O. The molecular weight excluding hydrogens is 685 g/mol. The molecule has 0 bridgehead atoms. The maximum Gasteiger partial charge on any atom is 0.238 e. The third-order valence-electron chi connectivity index (χ3n) is 11.2. The zero-order valence-electron chi connectivity index (χ0n) is 30.0. The lowest BCUT2D eigenvalue weighted by Gasteiger charge is -2.12. The molecule has 0 saturated heterocycles. The third kappa shape index (κ3) is 4.64. The molecule has 56 heavy (non-hydrogen) atoms. The second kappa shape index (κ2) is 11.9. The number of para-hydroxylation sites is 1. The van der Waals surface area contributed by atoms with Gasteiger partial charge in [-0.1, -0.05) is 140 Å². The van der Waals surface area contributed by atoms with Gasteiger partial charge in [0, 0.05) is 32.7 Å². The van der Waals surface area contributed by atoms with E-state index in [-0.39, 0.29) is 0 Å². The first-order valence-corrected chi connectivity index (χ1v) is 18.9. The molecule has 0 spiro atoms. The number of benzene rings is 9. The zero-order chi connectivity index (χ0) is 36.7. The van der Waals surface area contributed by atoms with Crippen molar-refractivity contribution in [3.05, 3.63) is 182 Å². The molecule has 0 amide bonds. The summed E-state index contributed by atoms with van der Waals surface area (Å²) in [5.41, 5.74) is 7.89. The molecule has 0 radical (unpaired) electrons. The van der Waals surface area contributed by atoms with Crippen molar-refractivity contribution in [1.82, 2.24) is 19.5 Å². The second-order valence-electron chi connectivity index (χ2n) is 14.4. The Morgan fingerprint density at radius 3 is 1.86 bits per heavy atom. The monoisotopic (exact) mass is 714 g/mol. The van der Waals surface area contributed by atoms with Gasteiger partial charge >= 0.3 is 0 Å². The van der Waals surface area contributed by atoms with Crippen LogP contribution in [-0.2, 0) is 0 Å². The molecule has 3 heterocycles. The SMILES string of the molecule is c1ccc(-c2nc(-c3ccc4oc5cc(-c6cccc7ccccc67)c6ccccc6c5c4c3)nc(-n3c4ccccc4c4cc5ccccc5cc43)n2)cc1. The molecule has 0 aliphatic carbocycles. The van der Waals surface area contributed by atoms with Crippen LogP contribution in [0.1, 0.15) is 0 Å². The fraction of sp³-hybridized carbons (Fsp3) is 0. The first-order chi connectivity index (χ1) is 27.7. The van der Waals surface area contributed by atoms with Gasteiger partial charge in [0.15, 0.2) is 11.6 Å². The predicted octanol–water partition coefficient (Wildman–Crippen LogP) is 13.3. The van der Waals surface area contributed by atoms with Gasteiger partial charge in [0.05, 0.1) is 11.0 Å². The van der Waals surface area contributed by atoms with Gasteiger partial charge in [-0.2, -0.15) is 9.97 Å². The van der Waals surface area contributed by atoms with Crippen LogP contribution in [0.15, 0.2) is 186 Å². The molecule has 9 aromatic carbocycles. The van der Waals surface area contributed by atoms with Gasteiger partial charge in [-0.3, -0.25) is 4.57 Å². The summed E-state index contributed by atoms with van der Waals surface area (Å²) in [7, 11) is 0. The van der Waals surface area contributed by atoms with Crippen LogP contribution >= 0.6 is 0 Å². The Morgan fingerprint density at radius 1 is 0.357 bits per heavy atom. The van der Waals surface area contributed by atoms with Gasteiger partial charge in [-0.15, -0.1) is 0 Å². The van der Waals surface area contributed by atoms with Gasteiger partial charge in [0.25, 0.3) is 0 Å². The maximum absolute atomic E-state index is 6.68. The summed E-state index contributed by atoms with van der Waals surface area (Å²) in [4.78, 5) is 15.6. The summed E-state index contributed by atoms with van der Waals surface area (Å²) in [6.45, 7) is 0. The topological polar surface area (TPSA) is 56.7 Å². The number of furan rings is 1. The van der Waals surface area contributed by atoms with Gasteiger partial charge in [0.2, 0.25) is 5.95 Å². The number of rotatable bonds is 4. The van der Waals surface area contributed by atoms with E-state index in [4.69, 9.17) is 19.4 Å². The van der Waals surface area contributed by atoms with Crippen molar-refractivity contribution in [2.24, 2.45) is 0 Å². The molecule has 12 rings (SSSR count). The first kappa shape index (κ1) is 30.8. The lowest BCUT2D eigenvalue weighted by Crippen LogP contribution is -2.06. The van der Waals surface area contributed by atoms with Gasteiger partial charge in [-0.25, -0.2) is 4.98 Å². The van der Waals surface area contributed by atoms with Crippen LogP contribution in [0.5, 0.6) is 0 Å². The molecule has 0 fully saturated rings. The van der Waals surface area contributed by atoms with E-state index in [1.807, 2.05) is 18.2 Å². The lowest BCUT2D eigenvalue weighted by molar-refractivity contribution is 0.669. The first-order valence-electron chi connectivity index (χ1n) is 18.9. The van der Waals surface area contributed by atoms with Crippen molar-refractivity contribution < 1.29 is 4.42 Å². The molecule has 0 N–H and O–H groups in total. The Labute approximate surface area is 320 Å². The minimum absolute atomic E-state index is 0.567. The molecule has 12 aromatic rings. The fourth-order valence-corrected chi connectivity index (χ4v) is 8.64. The maximum atomic E-state index is 6.68. The highest BCUT2D eigenvalue weighted by Crippen LogP contribution is 2.43. The number of aromatic nitrogens is 4. The van der Waals surface area contributed by atoms with E-state index in [9.17, 15) is 0 Å². The Bertz CT molecular complexity index is 3540. The number of hydrogen-bond acceptors (Lipinski definition) is 4. The van der Waals surface area contributed by atoms with Crippen LogP contribution in [0.25, 0.3) is 116 Å². The quantitative estimate of drug-likeness (QED) is 0.182. The number of hydrogen-bond donors (Lipinski definition) is 0. The summed E-state index contributed by atoms with van der Waals surface area (Å²) in [5.74, 6) is 1.77.